The number of hydrogen-bond acceptors (Lipinski definition) is 4. The molecule has 3 unspecified atom stereocenters. The number of morpholine rings is 1. The highest BCUT2D eigenvalue weighted by atomic mass is 35.5. The van der Waals surface area contributed by atoms with Gasteiger partial charge in [-0.3, -0.25) is 9.69 Å². The Hall–Kier alpha value is -0.920. The van der Waals surface area contributed by atoms with E-state index in [0.29, 0.717) is 37.9 Å². The van der Waals surface area contributed by atoms with E-state index in [2.05, 4.69) is 17.6 Å². The van der Waals surface area contributed by atoms with Crippen LogP contribution in [0.2, 0.25) is 0 Å². The van der Waals surface area contributed by atoms with Crippen molar-refractivity contribution in [2.45, 2.75) is 37.9 Å². The fourth-order valence-corrected chi connectivity index (χ4v) is 3.58. The summed E-state index contributed by atoms with van der Waals surface area (Å²) < 4.78 is 19.7. The van der Waals surface area contributed by atoms with E-state index in [-0.39, 0.29) is 42.6 Å². The second-order valence-electron chi connectivity index (χ2n) is 6.66. The van der Waals surface area contributed by atoms with Gasteiger partial charge >= 0.3 is 0 Å². The molecule has 0 aliphatic carbocycles. The Labute approximate surface area is 166 Å². The minimum absolute atomic E-state index is 0. The molecule has 0 spiro atoms. The molecule has 0 aromatic heterocycles. The second kappa shape index (κ2) is 11.0. The molecular formula is C18H28Cl2FN3O2. The molecule has 5 nitrogen and oxygen atoms in total. The maximum atomic E-state index is 14.3. The molecule has 26 heavy (non-hydrogen) atoms. The quantitative estimate of drug-likeness (QED) is 0.803. The van der Waals surface area contributed by atoms with Gasteiger partial charge in [-0.1, -0.05) is 18.2 Å². The van der Waals surface area contributed by atoms with Gasteiger partial charge in [-0.15, -0.1) is 24.8 Å². The molecule has 1 amide bonds. The van der Waals surface area contributed by atoms with Crippen molar-refractivity contribution in [3.8, 4) is 0 Å². The van der Waals surface area contributed by atoms with E-state index in [1.54, 1.807) is 18.2 Å². The molecule has 0 bridgehead atoms. The van der Waals surface area contributed by atoms with Crippen LogP contribution in [0.4, 0.5) is 4.39 Å². The lowest BCUT2D eigenvalue weighted by molar-refractivity contribution is -0.129. The first-order valence-corrected chi connectivity index (χ1v) is 8.75. The molecule has 2 aliphatic heterocycles. The first-order chi connectivity index (χ1) is 11.6. The fraction of sp³-hybridized carbons (Fsp3) is 0.611. The number of halogens is 3. The average molecular weight is 408 g/mol. The number of carbonyl (C=O) groups excluding carboxylic acids is 1. The second-order valence-corrected chi connectivity index (χ2v) is 6.66. The maximum Gasteiger partial charge on any atom is 0.242 e. The lowest BCUT2D eigenvalue weighted by Gasteiger charge is -2.36. The zero-order chi connectivity index (χ0) is 16.9. The molecule has 3 atom stereocenters. The van der Waals surface area contributed by atoms with E-state index < -0.39 is 6.04 Å². The van der Waals surface area contributed by atoms with Crippen molar-refractivity contribution >= 4 is 30.7 Å². The first kappa shape index (κ1) is 23.1. The van der Waals surface area contributed by atoms with Crippen LogP contribution in [-0.2, 0) is 9.53 Å². The number of benzene rings is 1. The summed E-state index contributed by atoms with van der Waals surface area (Å²) in [5.41, 5.74) is 0.443. The maximum absolute atomic E-state index is 14.3. The third kappa shape index (κ3) is 5.79. The van der Waals surface area contributed by atoms with Crippen molar-refractivity contribution in [1.29, 1.82) is 0 Å². The van der Waals surface area contributed by atoms with Gasteiger partial charge in [0.05, 0.1) is 13.2 Å². The van der Waals surface area contributed by atoms with Crippen molar-refractivity contribution in [3.05, 3.63) is 35.6 Å². The Morgan fingerprint density at radius 3 is 2.65 bits per heavy atom. The molecular weight excluding hydrogens is 380 g/mol. The van der Waals surface area contributed by atoms with Crippen LogP contribution < -0.4 is 10.6 Å². The lowest BCUT2D eigenvalue weighted by atomic mass is 9.98. The predicted octanol–water partition coefficient (Wildman–Crippen LogP) is 2.30. The molecule has 2 fully saturated rings. The number of piperidine rings is 1. The highest BCUT2D eigenvalue weighted by Gasteiger charge is 2.32. The number of nitrogens with one attached hydrogen (secondary N) is 2. The Morgan fingerprint density at radius 1 is 1.31 bits per heavy atom. The van der Waals surface area contributed by atoms with Crippen molar-refractivity contribution < 1.29 is 13.9 Å². The summed E-state index contributed by atoms with van der Waals surface area (Å²) in [6.07, 6.45) is 1.81. The summed E-state index contributed by atoms with van der Waals surface area (Å²) in [6.45, 7) is 5.43. The Morgan fingerprint density at radius 2 is 2.00 bits per heavy atom. The minimum atomic E-state index is -0.597. The Bertz CT molecular complexity index is 573. The summed E-state index contributed by atoms with van der Waals surface area (Å²) >= 11 is 0. The van der Waals surface area contributed by atoms with Gasteiger partial charge in [0, 0.05) is 30.7 Å². The monoisotopic (exact) mass is 407 g/mol. The van der Waals surface area contributed by atoms with Crippen LogP contribution in [0.15, 0.2) is 24.3 Å². The minimum Gasteiger partial charge on any atom is -0.379 e. The average Bonchev–Trinajstić information content (AvgIpc) is 2.58. The molecule has 0 radical (unpaired) electrons. The van der Waals surface area contributed by atoms with E-state index in [1.807, 2.05) is 4.90 Å². The van der Waals surface area contributed by atoms with Gasteiger partial charge in [-0.05, 0) is 32.4 Å². The standard InChI is InChI=1S/C18H26FN3O2.2ClH/c1-13-12-14(6-7-20-13)21-18(23)17(22-8-10-24-11-9-22)15-4-2-3-5-16(15)19;;/h2-5,13-14,17,20H,6-12H2,1H3,(H,21,23);2*1H. The number of nitrogens with zero attached hydrogens (tertiary/aromatic N) is 1. The normalized spacial score (nSPS) is 24.7. The molecule has 3 rings (SSSR count). The van der Waals surface area contributed by atoms with E-state index in [1.165, 1.54) is 6.07 Å². The predicted molar refractivity (Wildman–Crippen MR) is 105 cm³/mol. The van der Waals surface area contributed by atoms with Crippen LogP contribution in [0.3, 0.4) is 0 Å². The summed E-state index contributed by atoms with van der Waals surface area (Å²) in [6, 6.07) is 6.50. The SMILES string of the molecule is CC1CC(NC(=O)C(c2ccccc2F)N2CCOCC2)CCN1.Cl.Cl. The summed E-state index contributed by atoms with van der Waals surface area (Å²) in [5, 5.41) is 6.52. The van der Waals surface area contributed by atoms with Gasteiger partial charge in [0.2, 0.25) is 5.91 Å². The van der Waals surface area contributed by atoms with Crippen molar-refractivity contribution in [2.75, 3.05) is 32.8 Å². The van der Waals surface area contributed by atoms with Crippen LogP contribution in [-0.4, -0.2) is 55.7 Å². The zero-order valence-electron chi connectivity index (χ0n) is 14.9. The van der Waals surface area contributed by atoms with Gasteiger partial charge < -0.3 is 15.4 Å². The molecule has 2 N–H and O–H groups in total. The summed E-state index contributed by atoms with van der Waals surface area (Å²) in [7, 11) is 0. The van der Waals surface area contributed by atoms with Crippen LogP contribution in [0.5, 0.6) is 0 Å². The molecule has 8 heteroatoms. The number of carbonyl (C=O) groups is 1. The van der Waals surface area contributed by atoms with Gasteiger partial charge in [0.1, 0.15) is 11.9 Å². The number of hydrogen-bond donors (Lipinski definition) is 2. The largest absolute Gasteiger partial charge is 0.379 e. The topological polar surface area (TPSA) is 53.6 Å². The number of amides is 1. The van der Waals surface area contributed by atoms with Crippen LogP contribution in [0, 0.1) is 5.82 Å². The molecule has 1 aromatic rings. The van der Waals surface area contributed by atoms with Crippen LogP contribution >= 0.6 is 24.8 Å². The van der Waals surface area contributed by atoms with Crippen LogP contribution in [0.25, 0.3) is 0 Å². The van der Waals surface area contributed by atoms with Crippen molar-refractivity contribution in [2.24, 2.45) is 0 Å². The van der Waals surface area contributed by atoms with Crippen molar-refractivity contribution in [1.82, 2.24) is 15.5 Å². The van der Waals surface area contributed by atoms with Crippen molar-refractivity contribution in [3.63, 3.8) is 0 Å². The smallest absolute Gasteiger partial charge is 0.242 e. The first-order valence-electron chi connectivity index (χ1n) is 8.75. The van der Waals surface area contributed by atoms with Crippen LogP contribution in [0.1, 0.15) is 31.4 Å². The summed E-state index contributed by atoms with van der Waals surface area (Å²) in [4.78, 5) is 15.0. The number of ether oxygens (including phenoxy) is 1. The molecule has 2 saturated heterocycles. The lowest BCUT2D eigenvalue weighted by Crippen LogP contribution is -2.51. The molecule has 1 aromatic carbocycles. The molecule has 2 heterocycles. The third-order valence-corrected chi connectivity index (χ3v) is 4.83. The summed E-state index contributed by atoms with van der Waals surface area (Å²) in [5.74, 6) is -0.441. The van der Waals surface area contributed by atoms with E-state index >= 15 is 0 Å². The highest BCUT2D eigenvalue weighted by Crippen LogP contribution is 2.25. The zero-order valence-corrected chi connectivity index (χ0v) is 16.6. The Balaban J connectivity index is 0.00000169. The van der Waals surface area contributed by atoms with Gasteiger partial charge in [-0.2, -0.15) is 0 Å². The van der Waals surface area contributed by atoms with E-state index in [0.717, 1.165) is 19.4 Å². The van der Waals surface area contributed by atoms with Gasteiger partial charge in [0.15, 0.2) is 0 Å². The fourth-order valence-electron chi connectivity index (χ4n) is 3.58. The molecule has 2 aliphatic rings. The van der Waals surface area contributed by atoms with E-state index in [4.69, 9.17) is 4.74 Å². The molecule has 0 saturated carbocycles. The number of rotatable bonds is 4. The molecule has 148 valence electrons. The van der Waals surface area contributed by atoms with Gasteiger partial charge in [0.25, 0.3) is 0 Å². The van der Waals surface area contributed by atoms with E-state index in [9.17, 15) is 9.18 Å². The third-order valence-electron chi connectivity index (χ3n) is 4.83. The Kier molecular flexibility index (Phi) is 9.82. The van der Waals surface area contributed by atoms with Gasteiger partial charge in [-0.25, -0.2) is 4.39 Å². The highest BCUT2D eigenvalue weighted by molar-refractivity contribution is 5.85.